The molecule has 0 saturated carbocycles. The van der Waals surface area contributed by atoms with Crippen LogP contribution in [0.3, 0.4) is 0 Å². The molecule has 0 saturated heterocycles. The maximum atomic E-state index is 4.29. The zero-order valence-corrected chi connectivity index (χ0v) is 8.35. The fourth-order valence-corrected chi connectivity index (χ4v) is 1.34. The Morgan fingerprint density at radius 2 is 1.89 bits per heavy atom. The van der Waals surface area contributed by atoms with Crippen molar-refractivity contribution < 1.29 is 0 Å². The van der Waals surface area contributed by atoms with E-state index in [2.05, 4.69) is 40.3 Å². The zero-order valence-electron chi connectivity index (χ0n) is 6.64. The van der Waals surface area contributed by atoms with Crippen LogP contribution in [0, 0.1) is 0 Å². The molecule has 0 aliphatic heterocycles. The monoisotopic (exact) mass is 164 g/mol. The van der Waals surface area contributed by atoms with Crippen LogP contribution in [-0.2, 0) is 0 Å². The predicted molar refractivity (Wildman–Crippen MR) is 50.7 cm³/mol. The van der Waals surface area contributed by atoms with Crippen LogP contribution in [0.4, 0.5) is 0 Å². The van der Waals surface area contributed by atoms with E-state index in [4.69, 9.17) is 0 Å². The van der Waals surface area contributed by atoms with Crippen LogP contribution in [0.1, 0.15) is 27.7 Å². The minimum Gasteiger partial charge on any atom is -0.175 e. The summed E-state index contributed by atoms with van der Waals surface area (Å²) in [7, 11) is 0. The average Bonchev–Trinajstić information content (AvgIpc) is 1.59. The first-order chi connectivity index (χ1) is 3.92. The topological polar surface area (TPSA) is 0 Å². The van der Waals surface area contributed by atoms with Gasteiger partial charge in [-0.05, 0) is 0 Å². The molecule has 0 aliphatic rings. The SMILES string of the molecule is CC(S)CSC(C)(C)C. The smallest absolute Gasteiger partial charge is 0.00794 e. The molecule has 56 valence electrons. The second-order valence-corrected chi connectivity index (χ2v) is 6.00. The number of thioether (sulfide) groups is 1. The largest absolute Gasteiger partial charge is 0.175 e. The molecule has 0 aliphatic carbocycles. The first kappa shape index (κ1) is 9.70. The maximum Gasteiger partial charge on any atom is 0.00794 e. The van der Waals surface area contributed by atoms with Crippen molar-refractivity contribution in [1.29, 1.82) is 0 Å². The molecule has 0 radical (unpaired) electrons. The van der Waals surface area contributed by atoms with Gasteiger partial charge in [-0.1, -0.05) is 27.7 Å². The summed E-state index contributed by atoms with van der Waals surface area (Å²) in [6.07, 6.45) is 0. The summed E-state index contributed by atoms with van der Waals surface area (Å²) < 4.78 is 0.400. The molecule has 1 unspecified atom stereocenters. The van der Waals surface area contributed by atoms with Crippen molar-refractivity contribution in [2.75, 3.05) is 5.75 Å². The van der Waals surface area contributed by atoms with Gasteiger partial charge in [-0.3, -0.25) is 0 Å². The van der Waals surface area contributed by atoms with Crippen molar-refractivity contribution in [2.45, 2.75) is 37.7 Å². The van der Waals surface area contributed by atoms with E-state index in [0.717, 1.165) is 5.75 Å². The van der Waals surface area contributed by atoms with Crippen LogP contribution >= 0.6 is 24.4 Å². The summed E-state index contributed by atoms with van der Waals surface area (Å²) >= 11 is 6.25. The Bertz CT molecular complexity index is 71.5. The lowest BCUT2D eigenvalue weighted by Gasteiger charge is -2.18. The van der Waals surface area contributed by atoms with Gasteiger partial charge in [0.15, 0.2) is 0 Å². The Labute approximate surface area is 68.2 Å². The Morgan fingerprint density at radius 3 is 2.00 bits per heavy atom. The number of thiol groups is 1. The summed E-state index contributed by atoms with van der Waals surface area (Å²) in [5.74, 6) is 1.15. The van der Waals surface area contributed by atoms with Crippen LogP contribution in [0.25, 0.3) is 0 Å². The second kappa shape index (κ2) is 3.77. The quantitative estimate of drug-likeness (QED) is 0.612. The Morgan fingerprint density at radius 1 is 1.44 bits per heavy atom. The van der Waals surface area contributed by atoms with Crippen LogP contribution < -0.4 is 0 Å². The Kier molecular flexibility index (Phi) is 4.06. The van der Waals surface area contributed by atoms with E-state index in [-0.39, 0.29) is 0 Å². The van der Waals surface area contributed by atoms with Gasteiger partial charge in [0, 0.05) is 15.7 Å². The fraction of sp³-hybridized carbons (Fsp3) is 1.00. The van der Waals surface area contributed by atoms with Crippen molar-refractivity contribution in [2.24, 2.45) is 0 Å². The highest BCUT2D eigenvalue weighted by Gasteiger charge is 2.10. The van der Waals surface area contributed by atoms with Crippen molar-refractivity contribution in [3.63, 3.8) is 0 Å². The van der Waals surface area contributed by atoms with E-state index in [1.54, 1.807) is 0 Å². The highest BCUT2D eigenvalue weighted by Crippen LogP contribution is 2.24. The highest BCUT2D eigenvalue weighted by atomic mass is 32.2. The van der Waals surface area contributed by atoms with Crippen molar-refractivity contribution in [3.8, 4) is 0 Å². The third kappa shape index (κ3) is 8.70. The molecule has 0 spiro atoms. The van der Waals surface area contributed by atoms with E-state index in [1.165, 1.54) is 0 Å². The number of hydrogen-bond acceptors (Lipinski definition) is 2. The predicted octanol–water partition coefficient (Wildman–Crippen LogP) is 2.84. The normalized spacial score (nSPS) is 15.7. The fourth-order valence-electron chi connectivity index (χ4n) is 0.371. The van der Waals surface area contributed by atoms with E-state index in [1.807, 2.05) is 11.8 Å². The molecule has 0 aromatic rings. The zero-order chi connectivity index (χ0) is 7.49. The van der Waals surface area contributed by atoms with Crippen LogP contribution in [0.5, 0.6) is 0 Å². The standard InChI is InChI=1S/C7H16S2/c1-6(8)5-9-7(2,3)4/h6,8H,5H2,1-4H3. The minimum absolute atomic E-state index is 0.400. The molecule has 9 heavy (non-hydrogen) atoms. The van der Waals surface area contributed by atoms with Crippen molar-refractivity contribution in [3.05, 3.63) is 0 Å². The molecule has 1 atom stereocenters. The molecule has 0 amide bonds. The van der Waals surface area contributed by atoms with E-state index < -0.39 is 0 Å². The van der Waals surface area contributed by atoms with Crippen molar-refractivity contribution in [1.82, 2.24) is 0 Å². The molecule has 0 aromatic carbocycles. The van der Waals surface area contributed by atoms with Gasteiger partial charge in [0.2, 0.25) is 0 Å². The molecule has 0 heterocycles. The van der Waals surface area contributed by atoms with E-state index >= 15 is 0 Å². The van der Waals surface area contributed by atoms with Gasteiger partial charge < -0.3 is 0 Å². The number of rotatable bonds is 2. The molecule has 0 N–H and O–H groups in total. The molecule has 2 heteroatoms. The summed E-state index contributed by atoms with van der Waals surface area (Å²) in [6, 6.07) is 0. The van der Waals surface area contributed by atoms with Gasteiger partial charge in [-0.25, -0.2) is 0 Å². The third-order valence-corrected chi connectivity index (χ3v) is 2.72. The van der Waals surface area contributed by atoms with E-state index in [9.17, 15) is 0 Å². The Hall–Kier alpha value is 0.700. The summed E-state index contributed by atoms with van der Waals surface area (Å²) in [5, 5.41) is 0.522. The molecular formula is C7H16S2. The maximum absolute atomic E-state index is 4.29. The summed E-state index contributed by atoms with van der Waals surface area (Å²) in [6.45, 7) is 8.82. The van der Waals surface area contributed by atoms with Gasteiger partial charge in [-0.15, -0.1) is 0 Å². The van der Waals surface area contributed by atoms with Gasteiger partial charge in [-0.2, -0.15) is 24.4 Å². The molecule has 0 rings (SSSR count). The molecule has 0 nitrogen and oxygen atoms in total. The molecule has 0 aromatic heterocycles. The first-order valence-electron chi connectivity index (χ1n) is 3.24. The van der Waals surface area contributed by atoms with Gasteiger partial charge in [0.1, 0.15) is 0 Å². The van der Waals surface area contributed by atoms with Crippen LogP contribution in [0.15, 0.2) is 0 Å². The van der Waals surface area contributed by atoms with E-state index in [0.29, 0.717) is 10.00 Å². The molecule has 0 fully saturated rings. The lowest BCUT2D eigenvalue weighted by molar-refractivity contribution is 0.801. The van der Waals surface area contributed by atoms with Gasteiger partial charge >= 0.3 is 0 Å². The van der Waals surface area contributed by atoms with Crippen LogP contribution in [0.2, 0.25) is 0 Å². The van der Waals surface area contributed by atoms with Gasteiger partial charge in [0.25, 0.3) is 0 Å². The minimum atomic E-state index is 0.400. The van der Waals surface area contributed by atoms with Crippen molar-refractivity contribution >= 4 is 24.4 Å². The second-order valence-electron chi connectivity index (χ2n) is 3.27. The molecular weight excluding hydrogens is 148 g/mol. The average molecular weight is 164 g/mol. The first-order valence-corrected chi connectivity index (χ1v) is 4.74. The lowest BCUT2D eigenvalue weighted by atomic mass is 10.3. The third-order valence-electron chi connectivity index (χ3n) is 0.758. The van der Waals surface area contributed by atoms with Gasteiger partial charge in [0.05, 0.1) is 0 Å². The summed E-state index contributed by atoms with van der Waals surface area (Å²) in [5.41, 5.74) is 0. The summed E-state index contributed by atoms with van der Waals surface area (Å²) in [4.78, 5) is 0. The number of hydrogen-bond donors (Lipinski definition) is 1. The van der Waals surface area contributed by atoms with Crippen LogP contribution in [-0.4, -0.2) is 15.7 Å². The highest BCUT2D eigenvalue weighted by molar-refractivity contribution is 8.01. The Balaban J connectivity index is 3.28. The molecule has 0 bridgehead atoms. The lowest BCUT2D eigenvalue weighted by Crippen LogP contribution is -2.11.